The lowest BCUT2D eigenvalue weighted by molar-refractivity contribution is -0.119. The number of benzene rings is 1. The molecular weight excluding hydrogens is 262 g/mol. The molecule has 1 aromatic carbocycles. The molecule has 0 bridgehead atoms. The molecule has 0 aliphatic carbocycles. The van der Waals surface area contributed by atoms with E-state index in [1.165, 1.54) is 4.88 Å². The zero-order valence-corrected chi connectivity index (χ0v) is 11.3. The maximum absolute atomic E-state index is 10.6. The molecule has 1 atom stereocenters. The van der Waals surface area contributed by atoms with Crippen molar-refractivity contribution in [2.45, 2.75) is 13.0 Å². The Hall–Kier alpha value is -2.08. The van der Waals surface area contributed by atoms with Gasteiger partial charge in [0, 0.05) is 16.8 Å². The predicted octanol–water partition coefficient (Wildman–Crippen LogP) is 2.18. The van der Waals surface area contributed by atoms with E-state index >= 15 is 0 Å². The number of thiazole rings is 1. The SMILES string of the molecule is CC(Nc1ccc(OCC(N)=O)cc1)c1cncs1. The van der Waals surface area contributed by atoms with Crippen LogP contribution in [0.1, 0.15) is 17.8 Å². The predicted molar refractivity (Wildman–Crippen MR) is 75.3 cm³/mol. The first-order chi connectivity index (χ1) is 9.15. The molecule has 0 saturated heterocycles. The highest BCUT2D eigenvalue weighted by Crippen LogP contribution is 2.23. The van der Waals surface area contributed by atoms with Crippen LogP contribution in [-0.4, -0.2) is 17.5 Å². The van der Waals surface area contributed by atoms with Crippen LogP contribution in [0.3, 0.4) is 0 Å². The van der Waals surface area contributed by atoms with Crippen LogP contribution >= 0.6 is 11.3 Å². The Bertz CT molecular complexity index is 525. The first kappa shape index (κ1) is 13.4. The van der Waals surface area contributed by atoms with E-state index in [9.17, 15) is 4.79 Å². The number of hydrogen-bond acceptors (Lipinski definition) is 5. The standard InChI is InChI=1S/C13H15N3O2S/c1-9(12-6-15-8-19-12)16-10-2-4-11(5-3-10)18-7-13(14)17/h2-6,8-9,16H,7H2,1H3,(H2,14,17). The Kier molecular flexibility index (Phi) is 4.35. The van der Waals surface area contributed by atoms with E-state index in [1.807, 2.05) is 23.8 Å². The molecular formula is C13H15N3O2S. The number of nitrogens with zero attached hydrogens (tertiary/aromatic N) is 1. The van der Waals surface area contributed by atoms with E-state index in [4.69, 9.17) is 10.5 Å². The third-order valence-electron chi connectivity index (χ3n) is 2.50. The molecule has 5 nitrogen and oxygen atoms in total. The van der Waals surface area contributed by atoms with Crippen molar-refractivity contribution in [1.29, 1.82) is 0 Å². The molecule has 100 valence electrons. The Labute approximate surface area is 115 Å². The van der Waals surface area contributed by atoms with Crippen molar-refractivity contribution in [3.8, 4) is 5.75 Å². The molecule has 0 spiro atoms. The van der Waals surface area contributed by atoms with E-state index in [0.29, 0.717) is 5.75 Å². The van der Waals surface area contributed by atoms with Gasteiger partial charge in [0.05, 0.1) is 11.6 Å². The van der Waals surface area contributed by atoms with Crippen molar-refractivity contribution in [2.24, 2.45) is 5.73 Å². The Morgan fingerprint density at radius 2 is 2.21 bits per heavy atom. The second kappa shape index (κ2) is 6.19. The van der Waals surface area contributed by atoms with Crippen molar-refractivity contribution >= 4 is 22.9 Å². The maximum Gasteiger partial charge on any atom is 0.255 e. The average molecular weight is 277 g/mol. The highest BCUT2D eigenvalue weighted by Gasteiger charge is 2.06. The summed E-state index contributed by atoms with van der Waals surface area (Å²) in [6.45, 7) is 1.97. The van der Waals surface area contributed by atoms with Crippen LogP contribution in [0.4, 0.5) is 5.69 Å². The normalized spacial score (nSPS) is 11.8. The smallest absolute Gasteiger partial charge is 0.255 e. The number of aromatic nitrogens is 1. The molecule has 0 radical (unpaired) electrons. The summed E-state index contributed by atoms with van der Waals surface area (Å²) < 4.78 is 5.19. The molecule has 19 heavy (non-hydrogen) atoms. The number of rotatable bonds is 6. The second-order valence-electron chi connectivity index (χ2n) is 4.05. The first-order valence-corrected chi connectivity index (χ1v) is 6.69. The van der Waals surface area contributed by atoms with Crippen LogP contribution in [0.25, 0.3) is 0 Å². The number of hydrogen-bond donors (Lipinski definition) is 2. The third kappa shape index (κ3) is 3.96. The van der Waals surface area contributed by atoms with Gasteiger partial charge in [-0.05, 0) is 31.2 Å². The van der Waals surface area contributed by atoms with E-state index in [0.717, 1.165) is 5.69 Å². The van der Waals surface area contributed by atoms with Crippen molar-refractivity contribution < 1.29 is 9.53 Å². The number of anilines is 1. The molecule has 1 unspecified atom stereocenters. The first-order valence-electron chi connectivity index (χ1n) is 5.81. The molecule has 3 N–H and O–H groups in total. The molecule has 0 saturated carbocycles. The highest BCUT2D eigenvalue weighted by atomic mass is 32.1. The molecule has 0 aliphatic rings. The lowest BCUT2D eigenvalue weighted by Crippen LogP contribution is -2.19. The summed E-state index contributed by atoms with van der Waals surface area (Å²) in [5.41, 5.74) is 7.80. The topological polar surface area (TPSA) is 77.2 Å². The summed E-state index contributed by atoms with van der Waals surface area (Å²) in [7, 11) is 0. The lowest BCUT2D eigenvalue weighted by atomic mass is 10.2. The van der Waals surface area contributed by atoms with Gasteiger partial charge in [0.2, 0.25) is 0 Å². The summed E-state index contributed by atoms with van der Waals surface area (Å²) in [5.74, 6) is 0.135. The van der Waals surface area contributed by atoms with Gasteiger partial charge in [-0.25, -0.2) is 0 Å². The lowest BCUT2D eigenvalue weighted by Gasteiger charge is -2.13. The van der Waals surface area contributed by atoms with Crippen molar-refractivity contribution in [2.75, 3.05) is 11.9 Å². The van der Waals surface area contributed by atoms with Gasteiger partial charge in [0.15, 0.2) is 6.61 Å². The minimum Gasteiger partial charge on any atom is -0.484 e. The van der Waals surface area contributed by atoms with Crippen LogP contribution in [0, 0.1) is 0 Å². The molecule has 2 aromatic rings. The van der Waals surface area contributed by atoms with Gasteiger partial charge in [-0.3, -0.25) is 9.78 Å². The fourth-order valence-corrected chi connectivity index (χ4v) is 2.19. The fraction of sp³-hybridized carbons (Fsp3) is 0.231. The van der Waals surface area contributed by atoms with Gasteiger partial charge >= 0.3 is 0 Å². The minimum absolute atomic E-state index is 0.107. The van der Waals surface area contributed by atoms with Crippen LogP contribution < -0.4 is 15.8 Å². The Morgan fingerprint density at radius 3 is 2.79 bits per heavy atom. The zero-order chi connectivity index (χ0) is 13.7. The van der Waals surface area contributed by atoms with Crippen LogP contribution in [0.15, 0.2) is 36.0 Å². The monoisotopic (exact) mass is 277 g/mol. The summed E-state index contributed by atoms with van der Waals surface area (Å²) >= 11 is 1.62. The fourth-order valence-electron chi connectivity index (χ4n) is 1.56. The summed E-state index contributed by atoms with van der Waals surface area (Å²) in [6, 6.07) is 7.58. The van der Waals surface area contributed by atoms with Crippen molar-refractivity contribution in [3.63, 3.8) is 0 Å². The quantitative estimate of drug-likeness (QED) is 0.848. The molecule has 2 rings (SSSR count). The number of nitrogens with one attached hydrogen (secondary N) is 1. The van der Waals surface area contributed by atoms with Gasteiger partial charge in [-0.15, -0.1) is 11.3 Å². The molecule has 1 heterocycles. The van der Waals surface area contributed by atoms with Crippen molar-refractivity contribution in [3.05, 3.63) is 40.8 Å². The Balaban J connectivity index is 1.93. The summed E-state index contributed by atoms with van der Waals surface area (Å²) in [6.07, 6.45) is 1.85. The van der Waals surface area contributed by atoms with Crippen LogP contribution in [0.5, 0.6) is 5.75 Å². The number of carbonyl (C=O) groups is 1. The third-order valence-corrected chi connectivity index (χ3v) is 3.46. The molecule has 1 amide bonds. The van der Waals surface area contributed by atoms with E-state index in [2.05, 4.69) is 17.2 Å². The maximum atomic E-state index is 10.6. The summed E-state index contributed by atoms with van der Waals surface area (Å²) in [5, 5.41) is 3.36. The average Bonchev–Trinajstić information content (AvgIpc) is 2.92. The summed E-state index contributed by atoms with van der Waals surface area (Å²) in [4.78, 5) is 15.8. The zero-order valence-electron chi connectivity index (χ0n) is 10.5. The largest absolute Gasteiger partial charge is 0.484 e. The van der Waals surface area contributed by atoms with E-state index in [1.54, 1.807) is 23.5 Å². The van der Waals surface area contributed by atoms with E-state index in [-0.39, 0.29) is 12.6 Å². The second-order valence-corrected chi connectivity index (χ2v) is 4.97. The minimum atomic E-state index is -0.485. The Morgan fingerprint density at radius 1 is 1.47 bits per heavy atom. The van der Waals surface area contributed by atoms with Crippen molar-refractivity contribution in [1.82, 2.24) is 4.98 Å². The molecule has 1 aromatic heterocycles. The van der Waals surface area contributed by atoms with Crippen LogP contribution in [-0.2, 0) is 4.79 Å². The van der Waals surface area contributed by atoms with E-state index < -0.39 is 5.91 Å². The molecule has 0 fully saturated rings. The van der Waals surface area contributed by atoms with Gasteiger partial charge in [-0.1, -0.05) is 0 Å². The van der Waals surface area contributed by atoms with Gasteiger partial charge < -0.3 is 15.8 Å². The number of primary amides is 1. The highest BCUT2D eigenvalue weighted by molar-refractivity contribution is 7.09. The number of carbonyl (C=O) groups excluding carboxylic acids is 1. The molecule has 6 heteroatoms. The van der Waals surface area contributed by atoms with Gasteiger partial charge in [0.25, 0.3) is 5.91 Å². The molecule has 0 aliphatic heterocycles. The number of ether oxygens (including phenoxy) is 1. The van der Waals surface area contributed by atoms with Gasteiger partial charge in [0.1, 0.15) is 5.75 Å². The van der Waals surface area contributed by atoms with Crippen LogP contribution in [0.2, 0.25) is 0 Å². The van der Waals surface area contributed by atoms with Gasteiger partial charge in [-0.2, -0.15) is 0 Å². The number of nitrogens with two attached hydrogens (primary N) is 1. The number of amides is 1.